The van der Waals surface area contributed by atoms with Crippen LogP contribution in [0.2, 0.25) is 0 Å². The zero-order valence-electron chi connectivity index (χ0n) is 14.1. The van der Waals surface area contributed by atoms with E-state index >= 15 is 0 Å². The highest BCUT2D eigenvalue weighted by Crippen LogP contribution is 2.39. The van der Waals surface area contributed by atoms with E-state index in [-0.39, 0.29) is 18.4 Å². The van der Waals surface area contributed by atoms with Gasteiger partial charge in [-0.25, -0.2) is 0 Å². The Bertz CT molecular complexity index is 682. The molecule has 0 aromatic heterocycles. The summed E-state index contributed by atoms with van der Waals surface area (Å²) in [7, 11) is 0. The first-order valence-electron chi connectivity index (χ1n) is 9.03. The molecule has 1 aromatic rings. The van der Waals surface area contributed by atoms with Crippen LogP contribution < -0.4 is 4.74 Å². The topological polar surface area (TPSA) is 76.1 Å². The molecule has 134 valence electrons. The second kappa shape index (κ2) is 6.67. The van der Waals surface area contributed by atoms with Gasteiger partial charge in [0.05, 0.1) is 24.7 Å². The zero-order chi connectivity index (χ0) is 17.4. The van der Waals surface area contributed by atoms with Gasteiger partial charge in [0, 0.05) is 26.0 Å². The standard InChI is InChI=1S/C19H23NO5/c21-17-6-4-15(19(22)23)18(20(17)11-14-2-1-8-24-14)13-3-5-16-12(10-13)7-9-25-16/h3,5,10,14-15,18H,1-2,4,6-9,11H2,(H,22,23)/t14-,15-,18+/m1/s1. The summed E-state index contributed by atoms with van der Waals surface area (Å²) in [6.45, 7) is 1.85. The summed E-state index contributed by atoms with van der Waals surface area (Å²) in [6.07, 6.45) is 3.43. The molecule has 6 nitrogen and oxygen atoms in total. The molecule has 1 amide bonds. The van der Waals surface area contributed by atoms with Crippen LogP contribution in [0.1, 0.15) is 42.9 Å². The van der Waals surface area contributed by atoms with Crippen LogP contribution in [0.3, 0.4) is 0 Å². The minimum atomic E-state index is -0.841. The normalized spacial score (nSPS) is 28.7. The molecule has 0 unspecified atom stereocenters. The van der Waals surface area contributed by atoms with Crippen LogP contribution in [-0.4, -0.2) is 47.7 Å². The summed E-state index contributed by atoms with van der Waals surface area (Å²) in [5, 5.41) is 9.73. The molecule has 25 heavy (non-hydrogen) atoms. The van der Waals surface area contributed by atoms with Gasteiger partial charge >= 0.3 is 5.97 Å². The van der Waals surface area contributed by atoms with Crippen molar-refractivity contribution >= 4 is 11.9 Å². The lowest BCUT2D eigenvalue weighted by molar-refractivity contribution is -0.153. The molecule has 0 radical (unpaired) electrons. The summed E-state index contributed by atoms with van der Waals surface area (Å²) in [5.41, 5.74) is 1.99. The number of piperidine rings is 1. The number of benzene rings is 1. The maximum Gasteiger partial charge on any atom is 0.308 e. The summed E-state index contributed by atoms with van der Waals surface area (Å²) in [5.74, 6) is -0.538. The van der Waals surface area contributed by atoms with Gasteiger partial charge in [-0.15, -0.1) is 0 Å². The quantitative estimate of drug-likeness (QED) is 0.905. The third kappa shape index (κ3) is 3.11. The third-order valence-electron chi connectivity index (χ3n) is 5.50. The number of rotatable bonds is 4. The largest absolute Gasteiger partial charge is 0.493 e. The maximum atomic E-state index is 12.6. The van der Waals surface area contributed by atoms with Gasteiger partial charge in [-0.1, -0.05) is 6.07 Å². The molecule has 2 fully saturated rings. The molecule has 3 aliphatic rings. The van der Waals surface area contributed by atoms with Crippen molar-refractivity contribution in [2.45, 2.75) is 44.2 Å². The first-order valence-corrected chi connectivity index (χ1v) is 9.03. The Morgan fingerprint density at radius 3 is 2.88 bits per heavy atom. The zero-order valence-corrected chi connectivity index (χ0v) is 14.1. The second-order valence-corrected chi connectivity index (χ2v) is 7.07. The molecule has 6 heteroatoms. The first kappa shape index (κ1) is 16.4. The second-order valence-electron chi connectivity index (χ2n) is 7.07. The molecular weight excluding hydrogens is 322 g/mol. The van der Waals surface area contributed by atoms with Gasteiger partial charge in [0.25, 0.3) is 0 Å². The Labute approximate surface area is 146 Å². The number of ether oxygens (including phenoxy) is 2. The fourth-order valence-corrected chi connectivity index (χ4v) is 4.24. The molecule has 0 saturated carbocycles. The molecule has 3 aliphatic heterocycles. The van der Waals surface area contributed by atoms with Crippen LogP contribution in [-0.2, 0) is 20.7 Å². The number of carbonyl (C=O) groups excluding carboxylic acids is 1. The van der Waals surface area contributed by atoms with Gasteiger partial charge in [0.2, 0.25) is 5.91 Å². The Morgan fingerprint density at radius 1 is 1.24 bits per heavy atom. The monoisotopic (exact) mass is 345 g/mol. The summed E-state index contributed by atoms with van der Waals surface area (Å²) < 4.78 is 11.3. The van der Waals surface area contributed by atoms with Gasteiger partial charge in [-0.3, -0.25) is 9.59 Å². The van der Waals surface area contributed by atoms with E-state index in [4.69, 9.17) is 9.47 Å². The molecule has 3 atom stereocenters. The maximum absolute atomic E-state index is 12.6. The van der Waals surface area contributed by atoms with Crippen molar-refractivity contribution in [3.63, 3.8) is 0 Å². The number of likely N-dealkylation sites (tertiary alicyclic amines) is 1. The van der Waals surface area contributed by atoms with E-state index in [2.05, 4.69) is 0 Å². The molecule has 3 heterocycles. The van der Waals surface area contributed by atoms with E-state index in [1.807, 2.05) is 18.2 Å². The van der Waals surface area contributed by atoms with Gasteiger partial charge < -0.3 is 19.5 Å². The fourth-order valence-electron chi connectivity index (χ4n) is 4.24. The molecule has 0 bridgehead atoms. The Hall–Kier alpha value is -2.08. The number of fused-ring (bicyclic) bond motifs is 1. The molecule has 1 N–H and O–H groups in total. The highest BCUT2D eigenvalue weighted by atomic mass is 16.5. The molecule has 0 aliphatic carbocycles. The van der Waals surface area contributed by atoms with Crippen molar-refractivity contribution in [2.24, 2.45) is 5.92 Å². The summed E-state index contributed by atoms with van der Waals surface area (Å²) in [6, 6.07) is 5.39. The number of amides is 1. The lowest BCUT2D eigenvalue weighted by Gasteiger charge is -2.41. The van der Waals surface area contributed by atoms with Crippen LogP contribution in [0.15, 0.2) is 18.2 Å². The van der Waals surface area contributed by atoms with Gasteiger partial charge in [-0.05, 0) is 42.5 Å². The van der Waals surface area contributed by atoms with E-state index in [1.54, 1.807) is 4.90 Å². The van der Waals surface area contributed by atoms with Crippen LogP contribution in [0.25, 0.3) is 0 Å². The average Bonchev–Trinajstić information content (AvgIpc) is 3.26. The molecule has 4 rings (SSSR count). The molecular formula is C19H23NO5. The van der Waals surface area contributed by atoms with Gasteiger partial charge in [0.15, 0.2) is 0 Å². The van der Waals surface area contributed by atoms with E-state index < -0.39 is 17.9 Å². The highest BCUT2D eigenvalue weighted by Gasteiger charge is 2.42. The average molecular weight is 345 g/mol. The van der Waals surface area contributed by atoms with Crippen LogP contribution in [0.4, 0.5) is 0 Å². The number of carboxylic acid groups (broad SMARTS) is 1. The number of hydrogen-bond acceptors (Lipinski definition) is 4. The number of hydrogen-bond donors (Lipinski definition) is 1. The summed E-state index contributed by atoms with van der Waals surface area (Å²) >= 11 is 0. The van der Waals surface area contributed by atoms with Crippen molar-refractivity contribution in [3.05, 3.63) is 29.3 Å². The van der Waals surface area contributed by atoms with Crippen molar-refractivity contribution in [3.8, 4) is 5.75 Å². The number of carboxylic acids is 1. The Morgan fingerprint density at radius 2 is 2.12 bits per heavy atom. The van der Waals surface area contributed by atoms with Crippen LogP contribution >= 0.6 is 0 Å². The number of nitrogens with zero attached hydrogens (tertiary/aromatic N) is 1. The lowest BCUT2D eigenvalue weighted by atomic mass is 9.83. The summed E-state index contributed by atoms with van der Waals surface area (Å²) in [4.78, 5) is 26.2. The molecule has 2 saturated heterocycles. The number of aliphatic carboxylic acids is 1. The van der Waals surface area contributed by atoms with Crippen molar-refractivity contribution in [1.29, 1.82) is 0 Å². The predicted molar refractivity (Wildman–Crippen MR) is 89.4 cm³/mol. The minimum absolute atomic E-state index is 0.0109. The van der Waals surface area contributed by atoms with E-state index in [9.17, 15) is 14.7 Å². The third-order valence-corrected chi connectivity index (χ3v) is 5.50. The Balaban J connectivity index is 1.68. The lowest BCUT2D eigenvalue weighted by Crippen LogP contribution is -2.48. The van der Waals surface area contributed by atoms with E-state index in [0.29, 0.717) is 19.6 Å². The smallest absolute Gasteiger partial charge is 0.308 e. The fraction of sp³-hybridized carbons (Fsp3) is 0.579. The van der Waals surface area contributed by atoms with E-state index in [0.717, 1.165) is 42.7 Å². The van der Waals surface area contributed by atoms with E-state index in [1.165, 1.54) is 0 Å². The van der Waals surface area contributed by atoms with Crippen LogP contribution in [0, 0.1) is 5.92 Å². The minimum Gasteiger partial charge on any atom is -0.493 e. The van der Waals surface area contributed by atoms with Crippen molar-refractivity contribution in [1.82, 2.24) is 4.90 Å². The predicted octanol–water partition coefficient (Wildman–Crippen LogP) is 2.16. The SMILES string of the molecule is O=C(O)[C@@H]1CCC(=O)N(C[C@H]2CCCO2)[C@H]1c1ccc2c(c1)CCO2. The molecule has 0 spiro atoms. The first-order chi connectivity index (χ1) is 12.1. The number of carbonyl (C=O) groups is 2. The van der Waals surface area contributed by atoms with Crippen molar-refractivity contribution in [2.75, 3.05) is 19.8 Å². The van der Waals surface area contributed by atoms with Crippen molar-refractivity contribution < 1.29 is 24.2 Å². The Kier molecular flexibility index (Phi) is 4.37. The molecule has 1 aromatic carbocycles. The van der Waals surface area contributed by atoms with Gasteiger partial charge in [0.1, 0.15) is 5.75 Å². The van der Waals surface area contributed by atoms with Crippen LogP contribution in [0.5, 0.6) is 5.75 Å². The van der Waals surface area contributed by atoms with Gasteiger partial charge in [-0.2, -0.15) is 0 Å². The highest BCUT2D eigenvalue weighted by molar-refractivity contribution is 5.82.